The summed E-state index contributed by atoms with van der Waals surface area (Å²) in [6, 6.07) is 14.1. The number of thiazole rings is 1. The van der Waals surface area contributed by atoms with E-state index in [1.807, 2.05) is 47.5 Å². The minimum absolute atomic E-state index is 0.0384. The standard InChI is InChI=1S/C24H26ClN3OS2/c1-17-11-19(15-28-7-9-30-10-8-28)5-6-22(17)27-23(29)14-21-16-31-24(26-21)13-18-3-2-4-20(25)12-18/h2-6,11-12,16H,7-10,13-15H2,1H3,(H,27,29). The molecule has 1 aliphatic heterocycles. The Bertz CT molecular complexity index is 1050. The molecule has 1 saturated heterocycles. The zero-order valence-electron chi connectivity index (χ0n) is 17.6. The second-order valence-electron chi connectivity index (χ2n) is 7.80. The average Bonchev–Trinajstić information content (AvgIpc) is 3.17. The maximum absolute atomic E-state index is 12.6. The van der Waals surface area contributed by atoms with Crippen molar-refractivity contribution in [1.82, 2.24) is 9.88 Å². The number of rotatable bonds is 7. The lowest BCUT2D eigenvalue weighted by atomic mass is 10.1. The highest BCUT2D eigenvalue weighted by Gasteiger charge is 2.13. The number of amides is 1. The number of hydrogen-bond donors (Lipinski definition) is 1. The van der Waals surface area contributed by atoms with E-state index < -0.39 is 0 Å². The van der Waals surface area contributed by atoms with Gasteiger partial charge in [0.2, 0.25) is 5.91 Å². The molecule has 1 N–H and O–H groups in total. The van der Waals surface area contributed by atoms with Crippen LogP contribution in [0.2, 0.25) is 5.02 Å². The Labute approximate surface area is 197 Å². The molecule has 0 atom stereocenters. The maximum atomic E-state index is 12.6. The van der Waals surface area contributed by atoms with Gasteiger partial charge in [0.15, 0.2) is 0 Å². The number of aromatic nitrogens is 1. The molecule has 0 aliphatic carbocycles. The predicted molar refractivity (Wildman–Crippen MR) is 132 cm³/mol. The Kier molecular flexibility index (Phi) is 7.67. The Morgan fingerprint density at radius 1 is 1.16 bits per heavy atom. The fourth-order valence-corrected chi connectivity index (χ4v) is 5.69. The van der Waals surface area contributed by atoms with Gasteiger partial charge < -0.3 is 5.32 Å². The minimum atomic E-state index is -0.0384. The highest BCUT2D eigenvalue weighted by atomic mass is 35.5. The summed E-state index contributed by atoms with van der Waals surface area (Å²) in [5.74, 6) is 2.39. The molecule has 2 aromatic carbocycles. The molecule has 1 aromatic heterocycles. The van der Waals surface area contributed by atoms with E-state index in [0.717, 1.165) is 58.6 Å². The summed E-state index contributed by atoms with van der Waals surface area (Å²) >= 11 is 9.67. The average molecular weight is 472 g/mol. The van der Waals surface area contributed by atoms with Crippen molar-refractivity contribution in [2.45, 2.75) is 26.3 Å². The topological polar surface area (TPSA) is 45.2 Å². The number of carbonyl (C=O) groups is 1. The van der Waals surface area contributed by atoms with Crippen molar-refractivity contribution in [2.24, 2.45) is 0 Å². The molecule has 0 radical (unpaired) electrons. The summed E-state index contributed by atoms with van der Waals surface area (Å²) in [5, 5.41) is 6.73. The third-order valence-electron chi connectivity index (χ3n) is 5.26. The van der Waals surface area contributed by atoms with Crippen molar-refractivity contribution in [1.29, 1.82) is 0 Å². The summed E-state index contributed by atoms with van der Waals surface area (Å²) < 4.78 is 0. The number of nitrogens with zero attached hydrogens (tertiary/aromatic N) is 2. The molecule has 162 valence electrons. The number of hydrogen-bond acceptors (Lipinski definition) is 5. The zero-order chi connectivity index (χ0) is 21.6. The molecule has 0 saturated carbocycles. The van der Waals surface area contributed by atoms with Gasteiger partial charge in [-0.1, -0.05) is 35.9 Å². The molecular formula is C24H26ClN3OS2. The molecule has 0 unspecified atom stereocenters. The van der Waals surface area contributed by atoms with Crippen LogP contribution in [0.1, 0.15) is 27.4 Å². The minimum Gasteiger partial charge on any atom is -0.326 e. The lowest BCUT2D eigenvalue weighted by Gasteiger charge is -2.26. The molecule has 3 aromatic rings. The lowest BCUT2D eigenvalue weighted by Crippen LogP contribution is -2.31. The number of benzene rings is 2. The first-order valence-electron chi connectivity index (χ1n) is 10.4. The van der Waals surface area contributed by atoms with Gasteiger partial charge in [0.05, 0.1) is 17.1 Å². The molecule has 7 heteroatoms. The fourth-order valence-electron chi connectivity index (χ4n) is 3.67. The Morgan fingerprint density at radius 3 is 2.77 bits per heavy atom. The highest BCUT2D eigenvalue weighted by Crippen LogP contribution is 2.21. The van der Waals surface area contributed by atoms with E-state index in [1.165, 1.54) is 17.1 Å². The molecular weight excluding hydrogens is 446 g/mol. The van der Waals surface area contributed by atoms with Gasteiger partial charge in [-0.2, -0.15) is 11.8 Å². The number of nitrogens with one attached hydrogen (secondary N) is 1. The highest BCUT2D eigenvalue weighted by molar-refractivity contribution is 7.99. The fraction of sp³-hybridized carbons (Fsp3) is 0.333. The SMILES string of the molecule is Cc1cc(CN2CCSCC2)ccc1NC(=O)Cc1csc(Cc2cccc(Cl)c2)n1. The van der Waals surface area contributed by atoms with E-state index in [0.29, 0.717) is 0 Å². The smallest absolute Gasteiger partial charge is 0.230 e. The van der Waals surface area contributed by atoms with Crippen LogP contribution < -0.4 is 5.32 Å². The number of halogens is 1. The quantitative estimate of drug-likeness (QED) is 0.499. The van der Waals surface area contributed by atoms with E-state index in [9.17, 15) is 4.79 Å². The van der Waals surface area contributed by atoms with E-state index in [1.54, 1.807) is 11.3 Å². The van der Waals surface area contributed by atoms with Crippen molar-refractivity contribution in [3.05, 3.63) is 80.3 Å². The first kappa shape index (κ1) is 22.3. The van der Waals surface area contributed by atoms with E-state index >= 15 is 0 Å². The van der Waals surface area contributed by atoms with Crippen LogP contribution in [0.3, 0.4) is 0 Å². The van der Waals surface area contributed by atoms with Crippen LogP contribution in [0.5, 0.6) is 0 Å². The summed E-state index contributed by atoms with van der Waals surface area (Å²) in [4.78, 5) is 19.7. The molecule has 1 fully saturated rings. The Balaban J connectivity index is 1.32. The second-order valence-corrected chi connectivity index (χ2v) is 10.4. The summed E-state index contributed by atoms with van der Waals surface area (Å²) in [7, 11) is 0. The molecule has 0 bridgehead atoms. The number of thioether (sulfide) groups is 1. The molecule has 4 nitrogen and oxygen atoms in total. The van der Waals surface area contributed by atoms with Crippen LogP contribution in [0, 0.1) is 6.92 Å². The molecule has 4 rings (SSSR count). The number of anilines is 1. The second kappa shape index (κ2) is 10.6. The Morgan fingerprint density at radius 2 is 2.00 bits per heavy atom. The third kappa shape index (κ3) is 6.56. The van der Waals surface area contributed by atoms with Crippen LogP contribution in [0.15, 0.2) is 47.8 Å². The number of aryl methyl sites for hydroxylation is 1. The van der Waals surface area contributed by atoms with Gasteiger partial charge in [0, 0.05) is 53.7 Å². The first-order chi connectivity index (χ1) is 15.0. The van der Waals surface area contributed by atoms with Crippen molar-refractivity contribution < 1.29 is 4.79 Å². The van der Waals surface area contributed by atoms with Crippen LogP contribution >= 0.6 is 34.7 Å². The van der Waals surface area contributed by atoms with Gasteiger partial charge in [-0.3, -0.25) is 9.69 Å². The van der Waals surface area contributed by atoms with Gasteiger partial charge in [-0.25, -0.2) is 4.98 Å². The predicted octanol–water partition coefficient (Wildman–Crippen LogP) is 5.43. The lowest BCUT2D eigenvalue weighted by molar-refractivity contribution is -0.115. The van der Waals surface area contributed by atoms with Gasteiger partial charge >= 0.3 is 0 Å². The van der Waals surface area contributed by atoms with Gasteiger partial charge in [0.1, 0.15) is 0 Å². The van der Waals surface area contributed by atoms with E-state index in [-0.39, 0.29) is 12.3 Å². The van der Waals surface area contributed by atoms with Crippen molar-refractivity contribution in [3.8, 4) is 0 Å². The molecule has 1 amide bonds. The monoisotopic (exact) mass is 471 g/mol. The van der Waals surface area contributed by atoms with Crippen LogP contribution in [0.4, 0.5) is 5.69 Å². The van der Waals surface area contributed by atoms with Gasteiger partial charge in [0.25, 0.3) is 0 Å². The molecule has 2 heterocycles. The largest absolute Gasteiger partial charge is 0.326 e. The molecule has 31 heavy (non-hydrogen) atoms. The van der Waals surface area contributed by atoms with Crippen LogP contribution in [-0.4, -0.2) is 40.4 Å². The van der Waals surface area contributed by atoms with Crippen LogP contribution in [0.25, 0.3) is 0 Å². The third-order valence-corrected chi connectivity index (χ3v) is 7.34. The van der Waals surface area contributed by atoms with E-state index in [4.69, 9.17) is 11.6 Å². The summed E-state index contributed by atoms with van der Waals surface area (Å²) in [6.45, 7) is 5.32. The normalized spacial score (nSPS) is 14.5. The number of carbonyl (C=O) groups excluding carboxylic acids is 1. The van der Waals surface area contributed by atoms with E-state index in [2.05, 4.69) is 34.3 Å². The maximum Gasteiger partial charge on any atom is 0.230 e. The summed E-state index contributed by atoms with van der Waals surface area (Å²) in [6.07, 6.45) is 1.00. The van der Waals surface area contributed by atoms with Gasteiger partial charge in [-0.15, -0.1) is 11.3 Å². The Hall–Kier alpha value is -1.86. The van der Waals surface area contributed by atoms with Crippen molar-refractivity contribution >= 4 is 46.3 Å². The van der Waals surface area contributed by atoms with Crippen molar-refractivity contribution in [2.75, 3.05) is 29.9 Å². The first-order valence-corrected chi connectivity index (χ1v) is 12.8. The van der Waals surface area contributed by atoms with Crippen LogP contribution in [-0.2, 0) is 24.2 Å². The zero-order valence-corrected chi connectivity index (χ0v) is 20.0. The molecule has 1 aliphatic rings. The molecule has 0 spiro atoms. The van der Waals surface area contributed by atoms with Crippen molar-refractivity contribution in [3.63, 3.8) is 0 Å². The summed E-state index contributed by atoms with van der Waals surface area (Å²) in [5.41, 5.74) is 5.19. The van der Waals surface area contributed by atoms with Gasteiger partial charge in [-0.05, 0) is 41.8 Å².